The maximum absolute atomic E-state index is 11.3. The van der Waals surface area contributed by atoms with Crippen molar-refractivity contribution in [2.75, 3.05) is 18.8 Å². The summed E-state index contributed by atoms with van der Waals surface area (Å²) in [6.45, 7) is 1.53. The number of anilines is 1. The topological polar surface area (TPSA) is 114 Å². The fourth-order valence-electron chi connectivity index (χ4n) is 3.06. The number of amides is 1. The van der Waals surface area contributed by atoms with Crippen molar-refractivity contribution in [1.29, 1.82) is 0 Å². The first-order chi connectivity index (χ1) is 12.0. The Morgan fingerprint density at radius 1 is 1.20 bits per heavy atom. The molecule has 0 saturated carbocycles. The van der Waals surface area contributed by atoms with E-state index in [9.17, 15) is 9.90 Å². The molecule has 130 valence electrons. The summed E-state index contributed by atoms with van der Waals surface area (Å²) in [6, 6.07) is 13.0. The van der Waals surface area contributed by atoms with E-state index in [0.717, 1.165) is 18.7 Å². The fraction of sp³-hybridized carbons (Fsp3) is 0.263. The number of aliphatic hydroxyl groups is 1. The number of benzene rings is 2. The van der Waals surface area contributed by atoms with Crippen LogP contribution in [0.1, 0.15) is 33.8 Å². The quantitative estimate of drug-likeness (QED) is 0.500. The first-order valence-corrected chi connectivity index (χ1v) is 8.25. The van der Waals surface area contributed by atoms with Crippen molar-refractivity contribution in [2.45, 2.75) is 18.4 Å². The summed E-state index contributed by atoms with van der Waals surface area (Å²) in [5.74, 6) is -0.245. The molecule has 0 aliphatic carbocycles. The minimum Gasteiger partial charge on any atom is -0.398 e. The minimum absolute atomic E-state index is 0.294. The maximum atomic E-state index is 11.3. The molecule has 0 radical (unpaired) electrons. The molecule has 6 heteroatoms. The van der Waals surface area contributed by atoms with Gasteiger partial charge in [0.25, 0.3) is 5.91 Å². The molecule has 3 rings (SSSR count). The van der Waals surface area contributed by atoms with Gasteiger partial charge in [-0.1, -0.05) is 24.3 Å². The SMILES string of the molecule is NC(=O)c1cccc(C=Nc2ccc([C@H]3CNCC(O)C3)cc2)c1N. The Hall–Kier alpha value is -2.70. The van der Waals surface area contributed by atoms with Gasteiger partial charge in [-0.05, 0) is 36.1 Å². The average molecular weight is 338 g/mol. The number of hydrogen-bond acceptors (Lipinski definition) is 5. The Labute approximate surface area is 146 Å². The van der Waals surface area contributed by atoms with Crippen molar-refractivity contribution in [3.05, 3.63) is 59.2 Å². The van der Waals surface area contributed by atoms with Crippen LogP contribution in [-0.4, -0.2) is 36.4 Å². The Morgan fingerprint density at radius 3 is 2.64 bits per heavy atom. The lowest BCUT2D eigenvalue weighted by Crippen LogP contribution is -2.38. The molecule has 0 aromatic heterocycles. The first kappa shape index (κ1) is 17.1. The van der Waals surface area contributed by atoms with E-state index in [1.165, 1.54) is 5.56 Å². The number of primary amides is 1. The summed E-state index contributed by atoms with van der Waals surface area (Å²) >= 11 is 0. The van der Waals surface area contributed by atoms with Gasteiger partial charge in [0.2, 0.25) is 0 Å². The highest BCUT2D eigenvalue weighted by Gasteiger charge is 2.20. The van der Waals surface area contributed by atoms with Crippen LogP contribution in [0.15, 0.2) is 47.5 Å². The smallest absolute Gasteiger partial charge is 0.250 e. The summed E-state index contributed by atoms with van der Waals surface area (Å²) in [5.41, 5.74) is 14.5. The Morgan fingerprint density at radius 2 is 1.96 bits per heavy atom. The van der Waals surface area contributed by atoms with Gasteiger partial charge < -0.3 is 21.9 Å². The third-order valence-electron chi connectivity index (χ3n) is 4.45. The van der Waals surface area contributed by atoms with Crippen LogP contribution >= 0.6 is 0 Å². The number of β-amino-alcohol motifs (C(OH)–C–C–N with tert-alkyl or cyclic N) is 1. The van der Waals surface area contributed by atoms with E-state index in [-0.39, 0.29) is 6.10 Å². The molecule has 2 atom stereocenters. The molecule has 0 bridgehead atoms. The number of nitrogens with one attached hydrogen (secondary N) is 1. The number of carbonyl (C=O) groups is 1. The molecule has 1 fully saturated rings. The van der Waals surface area contributed by atoms with Crippen molar-refractivity contribution >= 4 is 23.5 Å². The number of nitrogens with zero attached hydrogens (tertiary/aromatic N) is 1. The van der Waals surface area contributed by atoms with Gasteiger partial charge in [-0.3, -0.25) is 9.79 Å². The molecule has 1 saturated heterocycles. The lowest BCUT2D eigenvalue weighted by molar-refractivity contribution is 0.100. The molecule has 6 N–H and O–H groups in total. The lowest BCUT2D eigenvalue weighted by atomic mass is 9.90. The van der Waals surface area contributed by atoms with Crippen LogP contribution in [0.5, 0.6) is 0 Å². The summed E-state index contributed by atoms with van der Waals surface area (Å²) in [6.07, 6.45) is 2.10. The van der Waals surface area contributed by atoms with E-state index >= 15 is 0 Å². The van der Waals surface area contributed by atoms with E-state index < -0.39 is 5.91 Å². The molecule has 1 aliphatic heterocycles. The molecule has 2 aromatic carbocycles. The van der Waals surface area contributed by atoms with Gasteiger partial charge in [-0.25, -0.2) is 0 Å². The fourth-order valence-corrected chi connectivity index (χ4v) is 3.06. The molecule has 1 unspecified atom stereocenters. The van der Waals surface area contributed by atoms with Crippen LogP contribution < -0.4 is 16.8 Å². The van der Waals surface area contributed by atoms with Crippen LogP contribution in [-0.2, 0) is 0 Å². The summed E-state index contributed by atoms with van der Waals surface area (Å²) in [4.78, 5) is 15.8. The summed E-state index contributed by atoms with van der Waals surface area (Å²) in [7, 11) is 0. The highest BCUT2D eigenvalue weighted by molar-refractivity contribution is 6.02. The van der Waals surface area contributed by atoms with E-state index in [4.69, 9.17) is 11.5 Å². The average Bonchev–Trinajstić information content (AvgIpc) is 2.61. The van der Waals surface area contributed by atoms with Crippen molar-refractivity contribution in [3.63, 3.8) is 0 Å². The van der Waals surface area contributed by atoms with Crippen LogP contribution in [0, 0.1) is 0 Å². The number of aliphatic imine (C=N–C) groups is 1. The highest BCUT2D eigenvalue weighted by atomic mass is 16.3. The largest absolute Gasteiger partial charge is 0.398 e. The molecule has 6 nitrogen and oxygen atoms in total. The zero-order valence-electron chi connectivity index (χ0n) is 13.9. The minimum atomic E-state index is -0.555. The predicted octanol–water partition coefficient (Wildman–Crippen LogP) is 1.56. The number of nitrogen functional groups attached to an aromatic ring is 1. The lowest BCUT2D eigenvalue weighted by Gasteiger charge is -2.27. The molecular weight excluding hydrogens is 316 g/mol. The van der Waals surface area contributed by atoms with Gasteiger partial charge in [0, 0.05) is 24.9 Å². The number of hydrogen-bond donors (Lipinski definition) is 4. The zero-order valence-corrected chi connectivity index (χ0v) is 13.9. The summed E-state index contributed by atoms with van der Waals surface area (Å²) in [5, 5.41) is 13.0. The molecule has 1 heterocycles. The maximum Gasteiger partial charge on any atom is 0.250 e. The van der Waals surface area contributed by atoms with E-state index in [1.54, 1.807) is 24.4 Å². The second kappa shape index (κ2) is 7.46. The van der Waals surface area contributed by atoms with Gasteiger partial charge in [0.05, 0.1) is 23.0 Å². The Kier molecular flexibility index (Phi) is 5.11. The van der Waals surface area contributed by atoms with E-state index in [0.29, 0.717) is 29.3 Å². The second-order valence-electron chi connectivity index (χ2n) is 6.27. The van der Waals surface area contributed by atoms with Crippen molar-refractivity contribution in [3.8, 4) is 0 Å². The summed E-state index contributed by atoms with van der Waals surface area (Å²) < 4.78 is 0. The molecule has 1 amide bonds. The van der Waals surface area contributed by atoms with Gasteiger partial charge in [0.15, 0.2) is 0 Å². The van der Waals surface area contributed by atoms with Crippen molar-refractivity contribution in [1.82, 2.24) is 5.32 Å². The molecular formula is C19H22N4O2. The molecule has 25 heavy (non-hydrogen) atoms. The number of aliphatic hydroxyl groups excluding tert-OH is 1. The van der Waals surface area contributed by atoms with Gasteiger partial charge in [-0.2, -0.15) is 0 Å². The highest BCUT2D eigenvalue weighted by Crippen LogP contribution is 2.25. The number of piperidine rings is 1. The van der Waals surface area contributed by atoms with Gasteiger partial charge in [0.1, 0.15) is 0 Å². The number of para-hydroxylation sites is 1. The molecule has 1 aliphatic rings. The van der Waals surface area contributed by atoms with Crippen LogP contribution in [0.4, 0.5) is 11.4 Å². The Bertz CT molecular complexity index is 787. The third kappa shape index (κ3) is 4.04. The van der Waals surface area contributed by atoms with Gasteiger partial charge in [-0.15, -0.1) is 0 Å². The van der Waals surface area contributed by atoms with Crippen LogP contribution in [0.25, 0.3) is 0 Å². The predicted molar refractivity (Wildman–Crippen MR) is 99.3 cm³/mol. The molecule has 2 aromatic rings. The number of nitrogens with two attached hydrogens (primary N) is 2. The van der Waals surface area contributed by atoms with E-state index in [1.807, 2.05) is 24.3 Å². The zero-order chi connectivity index (χ0) is 17.8. The van der Waals surface area contributed by atoms with Crippen LogP contribution in [0.2, 0.25) is 0 Å². The van der Waals surface area contributed by atoms with Crippen molar-refractivity contribution in [2.24, 2.45) is 10.7 Å². The van der Waals surface area contributed by atoms with Crippen molar-refractivity contribution < 1.29 is 9.90 Å². The van der Waals surface area contributed by atoms with Crippen LogP contribution in [0.3, 0.4) is 0 Å². The Balaban J connectivity index is 1.74. The monoisotopic (exact) mass is 338 g/mol. The number of carbonyl (C=O) groups excluding carboxylic acids is 1. The molecule has 0 spiro atoms. The van der Waals surface area contributed by atoms with E-state index in [2.05, 4.69) is 10.3 Å². The first-order valence-electron chi connectivity index (χ1n) is 8.25. The second-order valence-corrected chi connectivity index (χ2v) is 6.27. The van der Waals surface area contributed by atoms with Gasteiger partial charge >= 0.3 is 0 Å². The number of rotatable bonds is 4. The normalized spacial score (nSPS) is 20.7. The third-order valence-corrected chi connectivity index (χ3v) is 4.45. The standard InChI is InChI=1S/C19H22N4O2/c20-18-13(2-1-3-17(18)19(21)25)10-23-15-6-4-12(5-7-15)14-8-16(24)11-22-9-14/h1-7,10,14,16,22,24H,8-9,11,20H2,(H2,21,25)/t14-,16?/m1/s1.